The van der Waals surface area contributed by atoms with Gasteiger partial charge in [-0.05, 0) is 80.2 Å². The van der Waals surface area contributed by atoms with Crippen molar-refractivity contribution in [3.63, 3.8) is 0 Å². The Bertz CT molecular complexity index is 846. The second-order valence-electron chi connectivity index (χ2n) is 7.86. The van der Waals surface area contributed by atoms with E-state index in [1.165, 1.54) is 19.9 Å². The average molecular weight is 476 g/mol. The highest BCUT2D eigenvalue weighted by molar-refractivity contribution is 9.10. The first-order chi connectivity index (χ1) is 13.1. The van der Waals surface area contributed by atoms with Crippen LogP contribution >= 0.6 is 27.5 Å². The van der Waals surface area contributed by atoms with E-state index in [0.29, 0.717) is 28.8 Å². The molecule has 0 saturated carbocycles. The Hall–Kier alpha value is -1.11. The fraction of sp³-hybridized carbons (Fsp3) is 0.476. The lowest BCUT2D eigenvalue weighted by Crippen LogP contribution is -2.34. The minimum absolute atomic E-state index is 0.0262. The van der Waals surface area contributed by atoms with Crippen molar-refractivity contribution < 1.29 is 13.2 Å². The third-order valence-corrected chi connectivity index (χ3v) is 5.95. The molecule has 7 heteroatoms. The highest BCUT2D eigenvalue weighted by Crippen LogP contribution is 2.32. The molecule has 0 spiro atoms. The van der Waals surface area contributed by atoms with E-state index in [-0.39, 0.29) is 22.3 Å². The average Bonchev–Trinajstić information content (AvgIpc) is 2.62. The molecule has 3 rings (SSSR count). The number of hydrogen-bond donors (Lipinski definition) is 0. The van der Waals surface area contributed by atoms with Crippen molar-refractivity contribution in [1.29, 1.82) is 0 Å². The Labute approximate surface area is 177 Å². The van der Waals surface area contributed by atoms with Crippen LogP contribution in [0.25, 0.3) is 0 Å². The number of rotatable bonds is 5. The van der Waals surface area contributed by atoms with E-state index in [4.69, 9.17) is 11.6 Å². The quantitative estimate of drug-likeness (QED) is 0.463. The summed E-state index contributed by atoms with van der Waals surface area (Å²) in [5.74, 6) is -0.667. The van der Waals surface area contributed by atoms with Crippen LogP contribution in [-0.4, -0.2) is 23.0 Å². The number of benzene rings is 1. The van der Waals surface area contributed by atoms with Gasteiger partial charge in [0.15, 0.2) is 5.82 Å². The van der Waals surface area contributed by atoms with Crippen LogP contribution in [-0.2, 0) is 18.6 Å². The van der Waals surface area contributed by atoms with Gasteiger partial charge in [0.1, 0.15) is 16.1 Å². The van der Waals surface area contributed by atoms with E-state index in [1.807, 2.05) is 0 Å². The van der Waals surface area contributed by atoms with Gasteiger partial charge in [-0.15, -0.1) is 0 Å². The molecule has 152 valence electrons. The van der Waals surface area contributed by atoms with Crippen molar-refractivity contribution in [3.8, 4) is 0 Å². The molecule has 0 N–H and O–H groups in total. The van der Waals surface area contributed by atoms with Crippen molar-refractivity contribution in [3.05, 3.63) is 62.3 Å². The predicted octanol–water partition coefficient (Wildman–Crippen LogP) is 6.44. The van der Waals surface area contributed by atoms with Gasteiger partial charge >= 0.3 is 0 Å². The molecule has 1 saturated heterocycles. The lowest BCUT2D eigenvalue weighted by molar-refractivity contribution is 0.173. The van der Waals surface area contributed by atoms with Crippen LogP contribution in [0, 0.1) is 17.6 Å². The predicted molar refractivity (Wildman–Crippen MR) is 109 cm³/mol. The number of pyridine rings is 1. The smallest absolute Gasteiger partial charge is 0.151 e. The molecule has 0 aliphatic carbocycles. The summed E-state index contributed by atoms with van der Waals surface area (Å²) in [5, 5.41) is 0.134. The molecule has 0 radical (unpaired) electrons. The summed E-state index contributed by atoms with van der Waals surface area (Å²) in [6.45, 7) is 4.76. The number of alkyl halides is 1. The first-order valence-corrected chi connectivity index (χ1v) is 10.5. The second kappa shape index (κ2) is 8.72. The van der Waals surface area contributed by atoms with E-state index < -0.39 is 11.5 Å². The summed E-state index contributed by atoms with van der Waals surface area (Å²) < 4.78 is 43.6. The summed E-state index contributed by atoms with van der Waals surface area (Å²) in [6.07, 6.45) is 2.17. The molecule has 1 aliphatic rings. The zero-order chi connectivity index (χ0) is 20.5. The topological polar surface area (TPSA) is 16.1 Å². The van der Waals surface area contributed by atoms with Gasteiger partial charge in [0.25, 0.3) is 0 Å². The summed E-state index contributed by atoms with van der Waals surface area (Å²) >= 11 is 9.12. The minimum Gasteiger partial charge on any atom is -0.299 e. The molecule has 0 amide bonds. The van der Waals surface area contributed by atoms with Crippen LogP contribution in [0.2, 0.25) is 5.02 Å². The molecule has 2 heterocycles. The van der Waals surface area contributed by atoms with Crippen LogP contribution in [0.4, 0.5) is 13.2 Å². The molecular formula is C21H23BrClF3N2. The first kappa shape index (κ1) is 21.6. The number of aromatic nitrogens is 1. The Morgan fingerprint density at radius 3 is 2.54 bits per heavy atom. The van der Waals surface area contributed by atoms with Gasteiger partial charge in [-0.25, -0.2) is 18.2 Å². The molecule has 2 aromatic rings. The van der Waals surface area contributed by atoms with Gasteiger partial charge in [0.05, 0.1) is 10.7 Å². The summed E-state index contributed by atoms with van der Waals surface area (Å²) in [7, 11) is 0. The lowest BCUT2D eigenvalue weighted by atomic mass is 9.90. The van der Waals surface area contributed by atoms with Crippen LogP contribution in [0.1, 0.15) is 43.5 Å². The summed E-state index contributed by atoms with van der Waals surface area (Å²) in [4.78, 5) is 6.42. The van der Waals surface area contributed by atoms with Gasteiger partial charge in [-0.2, -0.15) is 0 Å². The maximum absolute atomic E-state index is 14.8. The van der Waals surface area contributed by atoms with E-state index >= 15 is 0 Å². The van der Waals surface area contributed by atoms with E-state index in [0.717, 1.165) is 25.9 Å². The Balaban J connectivity index is 1.63. The molecule has 28 heavy (non-hydrogen) atoms. The van der Waals surface area contributed by atoms with Crippen molar-refractivity contribution in [1.82, 2.24) is 9.88 Å². The van der Waals surface area contributed by atoms with Gasteiger partial charge in [0.2, 0.25) is 0 Å². The fourth-order valence-electron chi connectivity index (χ4n) is 3.65. The first-order valence-electron chi connectivity index (χ1n) is 9.34. The van der Waals surface area contributed by atoms with E-state index in [2.05, 4.69) is 25.8 Å². The van der Waals surface area contributed by atoms with Crippen molar-refractivity contribution in [2.24, 2.45) is 5.92 Å². The van der Waals surface area contributed by atoms with Crippen LogP contribution < -0.4 is 0 Å². The largest absolute Gasteiger partial charge is 0.299 e. The summed E-state index contributed by atoms with van der Waals surface area (Å²) in [6, 6.07) is 6.44. The van der Waals surface area contributed by atoms with Gasteiger partial charge < -0.3 is 0 Å². The molecule has 0 bridgehead atoms. The number of piperidine rings is 1. The summed E-state index contributed by atoms with van der Waals surface area (Å²) in [5.41, 5.74) is -0.859. The SMILES string of the molecule is CC(C)(F)c1cc(Br)nc(CC2CCN(Cc3cccc(Cl)c3F)CC2)c1F. The molecule has 1 aliphatic heterocycles. The number of hydrogen-bond acceptors (Lipinski definition) is 2. The second-order valence-corrected chi connectivity index (χ2v) is 9.08. The van der Waals surface area contributed by atoms with E-state index in [9.17, 15) is 13.2 Å². The minimum atomic E-state index is -1.77. The Morgan fingerprint density at radius 1 is 1.21 bits per heavy atom. The van der Waals surface area contributed by atoms with E-state index in [1.54, 1.807) is 18.2 Å². The molecule has 2 nitrogen and oxygen atoms in total. The van der Waals surface area contributed by atoms with Crippen molar-refractivity contribution in [2.75, 3.05) is 13.1 Å². The standard InChI is InChI=1S/C21H23BrClF3N2/c1-21(2,26)15-11-18(22)27-17(20(15)25)10-13-6-8-28(9-7-13)12-14-4-3-5-16(23)19(14)24/h3-5,11,13H,6-10,12H2,1-2H3. The highest BCUT2D eigenvalue weighted by Gasteiger charge is 2.28. The number of halogens is 5. The monoisotopic (exact) mass is 474 g/mol. The third kappa shape index (κ3) is 5.08. The maximum Gasteiger partial charge on any atom is 0.151 e. The molecular weight excluding hydrogens is 453 g/mol. The lowest BCUT2D eigenvalue weighted by Gasteiger charge is -2.32. The zero-order valence-corrected chi connectivity index (χ0v) is 18.3. The maximum atomic E-state index is 14.8. The molecule has 1 aromatic carbocycles. The number of nitrogens with zero attached hydrogens (tertiary/aromatic N) is 2. The number of likely N-dealkylation sites (tertiary alicyclic amines) is 1. The molecule has 0 atom stereocenters. The normalized spacial score (nSPS) is 16.5. The molecule has 1 fully saturated rings. The van der Waals surface area contributed by atoms with Crippen LogP contribution in [0.3, 0.4) is 0 Å². The van der Waals surface area contributed by atoms with Crippen molar-refractivity contribution in [2.45, 2.75) is 45.3 Å². The fourth-order valence-corrected chi connectivity index (χ4v) is 4.29. The molecule has 0 unspecified atom stereocenters. The third-order valence-electron chi connectivity index (χ3n) is 5.25. The van der Waals surface area contributed by atoms with Crippen LogP contribution in [0.15, 0.2) is 28.9 Å². The Morgan fingerprint density at radius 2 is 1.89 bits per heavy atom. The zero-order valence-electron chi connectivity index (χ0n) is 15.9. The van der Waals surface area contributed by atoms with Gasteiger partial charge in [-0.3, -0.25) is 4.90 Å². The van der Waals surface area contributed by atoms with Gasteiger partial charge in [-0.1, -0.05) is 23.7 Å². The van der Waals surface area contributed by atoms with Crippen LogP contribution in [0.5, 0.6) is 0 Å². The Kier molecular flexibility index (Phi) is 6.72. The van der Waals surface area contributed by atoms with Crippen molar-refractivity contribution >= 4 is 27.5 Å². The van der Waals surface area contributed by atoms with Gasteiger partial charge in [0, 0.05) is 17.7 Å². The molecule has 1 aromatic heterocycles. The highest BCUT2D eigenvalue weighted by atomic mass is 79.9.